The first-order valence-electron chi connectivity index (χ1n) is 3.73. The van der Waals surface area contributed by atoms with E-state index in [4.69, 9.17) is 5.11 Å². The van der Waals surface area contributed by atoms with Crippen molar-refractivity contribution in [3.8, 4) is 0 Å². The standard InChI is InChI=1S/C7H13NO4S/c1-3-6(8-7(9)10)4-5-13(2,11)12/h4-6,8H,3H2,1-2H3,(H,9,10)/b5-4-. The molecule has 13 heavy (non-hydrogen) atoms. The second-order valence-corrected chi connectivity index (χ2v) is 4.55. The van der Waals surface area contributed by atoms with Gasteiger partial charge in [0.1, 0.15) is 0 Å². The van der Waals surface area contributed by atoms with Crippen LogP contribution >= 0.6 is 0 Å². The van der Waals surface area contributed by atoms with E-state index in [0.717, 1.165) is 11.7 Å². The van der Waals surface area contributed by atoms with Crippen LogP contribution in [-0.4, -0.2) is 31.9 Å². The zero-order chi connectivity index (χ0) is 10.5. The van der Waals surface area contributed by atoms with Crippen molar-refractivity contribution in [2.75, 3.05) is 6.26 Å². The maximum absolute atomic E-state index is 10.7. The van der Waals surface area contributed by atoms with E-state index in [0.29, 0.717) is 6.42 Å². The first-order valence-corrected chi connectivity index (χ1v) is 5.68. The normalized spacial score (nSPS) is 14.3. The lowest BCUT2D eigenvalue weighted by molar-refractivity contribution is 0.192. The van der Waals surface area contributed by atoms with Crippen LogP contribution < -0.4 is 5.32 Å². The van der Waals surface area contributed by atoms with E-state index in [9.17, 15) is 13.2 Å². The van der Waals surface area contributed by atoms with Gasteiger partial charge in [0.25, 0.3) is 0 Å². The van der Waals surface area contributed by atoms with Crippen molar-refractivity contribution in [3.05, 3.63) is 11.5 Å². The molecular formula is C7H13NO4S. The van der Waals surface area contributed by atoms with Crippen LogP contribution in [0.15, 0.2) is 11.5 Å². The molecule has 0 bridgehead atoms. The van der Waals surface area contributed by atoms with Crippen LogP contribution in [0.2, 0.25) is 0 Å². The van der Waals surface area contributed by atoms with Gasteiger partial charge in [0.05, 0.1) is 6.04 Å². The predicted molar refractivity (Wildman–Crippen MR) is 49.2 cm³/mol. The molecule has 0 aromatic rings. The lowest BCUT2D eigenvalue weighted by Crippen LogP contribution is -2.31. The number of carbonyl (C=O) groups is 1. The summed E-state index contributed by atoms with van der Waals surface area (Å²) in [5, 5.41) is 11.5. The number of sulfone groups is 1. The number of hydrogen-bond donors (Lipinski definition) is 2. The third kappa shape index (κ3) is 7.32. The van der Waals surface area contributed by atoms with Gasteiger partial charge in [-0.25, -0.2) is 13.2 Å². The van der Waals surface area contributed by atoms with Crippen LogP contribution in [0.25, 0.3) is 0 Å². The van der Waals surface area contributed by atoms with Crippen LogP contribution in [-0.2, 0) is 9.84 Å². The second kappa shape index (κ2) is 4.86. The fourth-order valence-corrected chi connectivity index (χ4v) is 1.16. The second-order valence-electron chi connectivity index (χ2n) is 2.62. The highest BCUT2D eigenvalue weighted by molar-refractivity contribution is 7.93. The smallest absolute Gasteiger partial charge is 0.405 e. The Morgan fingerprint density at radius 2 is 2.15 bits per heavy atom. The Hall–Kier alpha value is -1.04. The van der Waals surface area contributed by atoms with Crippen molar-refractivity contribution in [3.63, 3.8) is 0 Å². The third-order valence-corrected chi connectivity index (χ3v) is 1.96. The van der Waals surface area contributed by atoms with Gasteiger partial charge in [-0.15, -0.1) is 0 Å². The van der Waals surface area contributed by atoms with Crippen molar-refractivity contribution in [1.82, 2.24) is 5.32 Å². The van der Waals surface area contributed by atoms with E-state index < -0.39 is 22.0 Å². The first kappa shape index (κ1) is 12.0. The zero-order valence-corrected chi connectivity index (χ0v) is 8.34. The Labute approximate surface area is 77.4 Å². The summed E-state index contributed by atoms with van der Waals surface area (Å²) in [6.07, 6.45) is 1.73. The van der Waals surface area contributed by atoms with Crippen LogP contribution in [0.4, 0.5) is 4.79 Å². The summed E-state index contributed by atoms with van der Waals surface area (Å²) in [4.78, 5) is 10.2. The van der Waals surface area contributed by atoms with Crippen LogP contribution in [0, 0.1) is 0 Å². The Balaban J connectivity index is 4.29. The SMILES string of the molecule is CCC(/C=C\S(C)(=O)=O)NC(=O)O. The Morgan fingerprint density at radius 1 is 1.62 bits per heavy atom. The summed E-state index contributed by atoms with van der Waals surface area (Å²) in [7, 11) is -3.18. The third-order valence-electron chi connectivity index (χ3n) is 1.31. The van der Waals surface area contributed by atoms with Crippen LogP contribution in [0.1, 0.15) is 13.3 Å². The average Bonchev–Trinajstić information content (AvgIpc) is 1.95. The number of amides is 1. The first-order chi connectivity index (χ1) is 5.85. The molecule has 0 saturated heterocycles. The Bertz CT molecular complexity index is 294. The van der Waals surface area contributed by atoms with Crippen LogP contribution in [0.5, 0.6) is 0 Å². The number of rotatable bonds is 4. The highest BCUT2D eigenvalue weighted by atomic mass is 32.2. The fraction of sp³-hybridized carbons (Fsp3) is 0.571. The monoisotopic (exact) mass is 207 g/mol. The summed E-state index contributed by atoms with van der Waals surface area (Å²) >= 11 is 0. The predicted octanol–water partition coefficient (Wildman–Crippen LogP) is 0.591. The molecule has 0 aliphatic rings. The van der Waals surface area contributed by atoms with E-state index in [1.54, 1.807) is 6.92 Å². The molecule has 1 atom stereocenters. The van der Waals surface area contributed by atoms with E-state index >= 15 is 0 Å². The number of carboxylic acid groups (broad SMARTS) is 1. The van der Waals surface area contributed by atoms with Crippen molar-refractivity contribution in [2.45, 2.75) is 19.4 Å². The quantitative estimate of drug-likeness (QED) is 0.706. The Kier molecular flexibility index (Phi) is 4.47. The Morgan fingerprint density at radius 3 is 2.46 bits per heavy atom. The maximum Gasteiger partial charge on any atom is 0.405 e. The average molecular weight is 207 g/mol. The van der Waals surface area contributed by atoms with Gasteiger partial charge in [0.2, 0.25) is 0 Å². The van der Waals surface area contributed by atoms with Gasteiger partial charge in [-0.05, 0) is 6.42 Å². The molecule has 0 spiro atoms. The fourth-order valence-electron chi connectivity index (χ4n) is 0.682. The molecule has 0 radical (unpaired) electrons. The van der Waals surface area contributed by atoms with Gasteiger partial charge in [-0.2, -0.15) is 0 Å². The minimum Gasteiger partial charge on any atom is -0.465 e. The van der Waals surface area contributed by atoms with E-state index in [1.807, 2.05) is 0 Å². The topological polar surface area (TPSA) is 83.5 Å². The lowest BCUT2D eigenvalue weighted by atomic mass is 10.2. The zero-order valence-electron chi connectivity index (χ0n) is 7.52. The van der Waals surface area contributed by atoms with Crippen molar-refractivity contribution in [1.29, 1.82) is 0 Å². The number of nitrogens with one attached hydrogen (secondary N) is 1. The molecule has 0 saturated carbocycles. The van der Waals surface area contributed by atoms with Gasteiger partial charge in [-0.1, -0.05) is 13.0 Å². The van der Waals surface area contributed by atoms with E-state index in [1.165, 1.54) is 6.08 Å². The van der Waals surface area contributed by atoms with Crippen molar-refractivity contribution >= 4 is 15.9 Å². The molecule has 0 aromatic carbocycles. The van der Waals surface area contributed by atoms with Gasteiger partial charge in [0.15, 0.2) is 9.84 Å². The molecular weight excluding hydrogens is 194 g/mol. The summed E-state index contributed by atoms with van der Waals surface area (Å²) in [5.74, 6) is 0. The molecule has 1 amide bonds. The molecule has 0 aliphatic heterocycles. The molecule has 2 N–H and O–H groups in total. The molecule has 0 aliphatic carbocycles. The molecule has 0 heterocycles. The summed E-state index contributed by atoms with van der Waals surface area (Å²) < 4.78 is 21.4. The van der Waals surface area contributed by atoms with Gasteiger partial charge >= 0.3 is 6.09 Å². The molecule has 0 aromatic heterocycles. The van der Waals surface area contributed by atoms with E-state index in [2.05, 4.69) is 5.32 Å². The van der Waals surface area contributed by atoms with Gasteiger partial charge in [0, 0.05) is 11.7 Å². The molecule has 5 nitrogen and oxygen atoms in total. The van der Waals surface area contributed by atoms with Gasteiger partial charge < -0.3 is 10.4 Å². The lowest BCUT2D eigenvalue weighted by Gasteiger charge is -2.08. The number of hydrogen-bond acceptors (Lipinski definition) is 3. The summed E-state index contributed by atoms with van der Waals surface area (Å²) in [6.45, 7) is 1.76. The molecule has 0 fully saturated rings. The van der Waals surface area contributed by atoms with Gasteiger partial charge in [-0.3, -0.25) is 0 Å². The van der Waals surface area contributed by atoms with Crippen LogP contribution in [0.3, 0.4) is 0 Å². The largest absolute Gasteiger partial charge is 0.465 e. The highest BCUT2D eigenvalue weighted by Crippen LogP contribution is 1.95. The minimum atomic E-state index is -3.18. The van der Waals surface area contributed by atoms with Crippen molar-refractivity contribution < 1.29 is 18.3 Å². The van der Waals surface area contributed by atoms with Crippen molar-refractivity contribution in [2.24, 2.45) is 0 Å². The van der Waals surface area contributed by atoms with E-state index in [-0.39, 0.29) is 0 Å². The summed E-state index contributed by atoms with van der Waals surface area (Å²) in [6, 6.07) is -0.452. The molecule has 6 heteroatoms. The maximum atomic E-state index is 10.7. The minimum absolute atomic E-state index is 0.452. The molecule has 76 valence electrons. The molecule has 0 rings (SSSR count). The summed E-state index contributed by atoms with van der Waals surface area (Å²) in [5.41, 5.74) is 0. The molecule has 1 unspecified atom stereocenters. The highest BCUT2D eigenvalue weighted by Gasteiger charge is 2.05.